The maximum atomic E-state index is 13.5. The summed E-state index contributed by atoms with van der Waals surface area (Å²) < 4.78 is 42.2. The summed E-state index contributed by atoms with van der Waals surface area (Å²) in [6.07, 6.45) is 9.15. The highest BCUT2D eigenvalue weighted by Crippen LogP contribution is 2.50. The number of fused-ring (bicyclic) bond motifs is 4. The number of rotatable bonds is 5. The molecule has 1 fully saturated rings. The molecule has 2 N–H and O–H groups in total. The molecule has 2 aliphatic carbocycles. The Balaban J connectivity index is 1.45. The second-order valence-corrected chi connectivity index (χ2v) is 17.3. The fourth-order valence-corrected chi connectivity index (χ4v) is 9.91. The molecule has 2 aromatic carbocycles. The van der Waals surface area contributed by atoms with Crippen molar-refractivity contribution in [3.63, 3.8) is 0 Å². The van der Waals surface area contributed by atoms with Crippen molar-refractivity contribution in [2.75, 3.05) is 44.1 Å². The minimum atomic E-state index is -4.01. The number of hydrogen-bond donors (Lipinski definition) is 2. The molecule has 1 spiro atoms. The van der Waals surface area contributed by atoms with Crippen LogP contribution in [0.5, 0.6) is 5.75 Å². The van der Waals surface area contributed by atoms with E-state index in [1.807, 2.05) is 25.1 Å². The van der Waals surface area contributed by atoms with E-state index in [9.17, 15) is 18.0 Å². The molecule has 2 bridgehead atoms. The van der Waals surface area contributed by atoms with Crippen LogP contribution < -0.4 is 19.7 Å². The van der Waals surface area contributed by atoms with Gasteiger partial charge in [0.05, 0.1) is 29.6 Å². The molecule has 12 heteroatoms. The first kappa shape index (κ1) is 36.0. The zero-order chi connectivity index (χ0) is 35.0. The van der Waals surface area contributed by atoms with E-state index in [1.165, 1.54) is 11.1 Å². The lowest BCUT2D eigenvalue weighted by Gasteiger charge is -2.50. The molecule has 2 amide bonds. The predicted octanol–water partition coefficient (Wildman–Crippen LogP) is 6.01. The van der Waals surface area contributed by atoms with Gasteiger partial charge in [-0.15, -0.1) is 11.6 Å². The Morgan fingerprint density at radius 3 is 2.73 bits per heavy atom. The summed E-state index contributed by atoms with van der Waals surface area (Å²) in [5, 5.41) is 2.77. The van der Waals surface area contributed by atoms with E-state index in [-0.39, 0.29) is 41.1 Å². The maximum Gasteiger partial charge on any atom is 0.264 e. The fourth-order valence-electron chi connectivity index (χ4n) is 8.34. The highest BCUT2D eigenvalue weighted by molar-refractivity contribution is 7.90. The molecule has 4 aliphatic rings. The van der Waals surface area contributed by atoms with Gasteiger partial charge < -0.3 is 19.7 Å². The topological polar surface area (TPSA) is 114 Å². The Hall–Kier alpha value is -2.79. The van der Waals surface area contributed by atoms with E-state index in [4.69, 9.17) is 32.7 Å². The molecule has 2 aromatic rings. The summed E-state index contributed by atoms with van der Waals surface area (Å²) >= 11 is 12.3. The first-order chi connectivity index (χ1) is 23.4. The third-order valence-electron chi connectivity index (χ3n) is 11.5. The Morgan fingerprint density at radius 1 is 1.18 bits per heavy atom. The monoisotopic (exact) mass is 731 g/mol. The van der Waals surface area contributed by atoms with Crippen LogP contribution in [0, 0.1) is 17.8 Å². The Labute approximate surface area is 300 Å². The molecular weight excluding hydrogens is 685 g/mol. The minimum Gasteiger partial charge on any atom is -0.490 e. The second-order valence-electron chi connectivity index (χ2n) is 14.4. The van der Waals surface area contributed by atoms with Crippen molar-refractivity contribution >= 4 is 50.7 Å². The maximum absolute atomic E-state index is 13.5. The highest BCUT2D eigenvalue weighted by atomic mass is 35.5. The van der Waals surface area contributed by atoms with Crippen LogP contribution in [0.25, 0.3) is 0 Å². The number of carbonyl (C=O) groups is 2. The average Bonchev–Trinajstić information content (AvgIpc) is 3.21. The number of alkyl halides is 1. The van der Waals surface area contributed by atoms with Gasteiger partial charge in [0.15, 0.2) is 0 Å². The normalized spacial score (nSPS) is 31.6. The molecule has 266 valence electrons. The van der Waals surface area contributed by atoms with Gasteiger partial charge in [0, 0.05) is 48.6 Å². The van der Waals surface area contributed by atoms with Crippen molar-refractivity contribution in [1.82, 2.24) is 10.0 Å². The minimum absolute atomic E-state index is 0.0207. The van der Waals surface area contributed by atoms with E-state index in [0.29, 0.717) is 49.3 Å². The van der Waals surface area contributed by atoms with E-state index in [1.54, 1.807) is 32.2 Å². The number of nitrogens with zero attached hydrogens (tertiary/aromatic N) is 1. The summed E-state index contributed by atoms with van der Waals surface area (Å²) in [7, 11) is -2.35. The predicted molar refractivity (Wildman–Crippen MR) is 193 cm³/mol. The third kappa shape index (κ3) is 7.21. The standard InChI is InChI=1S/C37H47Cl2N3O6S/c1-24-6-4-15-37(47-3,20-34(43)40-17-16-38)31-11-8-28(31)21-42-22-36(14-5-7-26-18-29(39)10-12-30(26)36)23-48-33-13-9-27(19-32(33)42)35(44)41-49(45,46)25(24)2/h4,9-10,12-13,15,18-19,24-25,28,31H,5-8,11,14,16-17,20-23H2,1-3H3,(H,40,43)(H,41,44)/b15-4+/t24-,25+,28-,31+,36-,37+/m0/s1. The van der Waals surface area contributed by atoms with Crippen molar-refractivity contribution in [3.05, 3.63) is 70.3 Å². The number of aryl methyl sites for hydroxylation is 1. The van der Waals surface area contributed by atoms with Crippen molar-refractivity contribution in [3.8, 4) is 5.75 Å². The van der Waals surface area contributed by atoms with E-state index in [0.717, 1.165) is 37.8 Å². The van der Waals surface area contributed by atoms with Gasteiger partial charge in [-0.3, -0.25) is 9.59 Å². The summed E-state index contributed by atoms with van der Waals surface area (Å²) in [6, 6.07) is 11.3. The Morgan fingerprint density at radius 2 is 2.00 bits per heavy atom. The van der Waals surface area contributed by atoms with E-state index < -0.39 is 26.8 Å². The summed E-state index contributed by atoms with van der Waals surface area (Å²) in [5.74, 6) is 0.0266. The van der Waals surface area contributed by atoms with Crippen LogP contribution >= 0.6 is 23.2 Å². The summed E-state index contributed by atoms with van der Waals surface area (Å²) in [4.78, 5) is 29.1. The van der Waals surface area contributed by atoms with Gasteiger partial charge in [-0.2, -0.15) is 0 Å². The Kier molecular flexibility index (Phi) is 10.6. The molecule has 0 radical (unpaired) electrons. The number of allylic oxidation sites excluding steroid dienone is 1. The fraction of sp³-hybridized carbons (Fsp3) is 0.568. The van der Waals surface area contributed by atoms with Crippen LogP contribution in [0.3, 0.4) is 0 Å². The molecule has 0 aromatic heterocycles. The summed E-state index contributed by atoms with van der Waals surface area (Å²) in [5.41, 5.74) is 2.23. The largest absolute Gasteiger partial charge is 0.490 e. The first-order valence-electron chi connectivity index (χ1n) is 17.3. The van der Waals surface area contributed by atoms with E-state index >= 15 is 0 Å². The van der Waals surface area contributed by atoms with Crippen LogP contribution in [0.2, 0.25) is 5.02 Å². The number of anilines is 1. The van der Waals surface area contributed by atoms with Gasteiger partial charge in [-0.25, -0.2) is 13.1 Å². The number of halogens is 2. The molecule has 0 unspecified atom stereocenters. The number of methoxy groups -OCH3 is 1. The molecule has 9 nitrogen and oxygen atoms in total. The molecule has 1 saturated carbocycles. The van der Waals surface area contributed by atoms with Crippen molar-refractivity contribution < 1.29 is 27.5 Å². The number of carbonyl (C=O) groups excluding carboxylic acids is 2. The highest BCUT2D eigenvalue weighted by Gasteiger charge is 2.50. The number of sulfonamides is 1. The molecule has 6 rings (SSSR count). The number of amides is 2. The van der Waals surface area contributed by atoms with Crippen molar-refractivity contribution in [2.45, 2.75) is 75.1 Å². The molecule has 0 saturated heterocycles. The first-order valence-corrected chi connectivity index (χ1v) is 19.8. The van der Waals surface area contributed by atoms with Gasteiger partial charge in [0.2, 0.25) is 15.9 Å². The molecule has 2 aliphatic heterocycles. The van der Waals surface area contributed by atoms with Crippen molar-refractivity contribution in [2.24, 2.45) is 17.8 Å². The third-order valence-corrected chi connectivity index (χ3v) is 13.8. The van der Waals surface area contributed by atoms with Crippen LogP contribution in [-0.2, 0) is 31.4 Å². The average molecular weight is 733 g/mol. The van der Waals surface area contributed by atoms with Crippen molar-refractivity contribution in [1.29, 1.82) is 0 Å². The van der Waals surface area contributed by atoms with Crippen LogP contribution in [0.15, 0.2) is 48.6 Å². The Bertz CT molecular complexity index is 1720. The molecule has 6 atom stereocenters. The number of hydrogen-bond acceptors (Lipinski definition) is 7. The lowest BCUT2D eigenvalue weighted by atomic mass is 9.62. The zero-order valence-corrected chi connectivity index (χ0v) is 30.8. The lowest BCUT2D eigenvalue weighted by Crippen LogP contribution is -2.54. The number of ether oxygens (including phenoxy) is 2. The number of nitrogens with one attached hydrogen (secondary N) is 2. The quantitative estimate of drug-likeness (QED) is 0.286. The van der Waals surface area contributed by atoms with Gasteiger partial charge >= 0.3 is 0 Å². The van der Waals surface area contributed by atoms with Crippen LogP contribution in [0.1, 0.15) is 73.9 Å². The lowest BCUT2D eigenvalue weighted by molar-refractivity contribution is -0.132. The second kappa shape index (κ2) is 14.4. The zero-order valence-electron chi connectivity index (χ0n) is 28.5. The molecule has 49 heavy (non-hydrogen) atoms. The smallest absolute Gasteiger partial charge is 0.264 e. The number of benzene rings is 2. The summed E-state index contributed by atoms with van der Waals surface area (Å²) in [6.45, 7) is 5.56. The van der Waals surface area contributed by atoms with Gasteiger partial charge in [0.1, 0.15) is 5.75 Å². The molecular formula is C37H47Cl2N3O6S. The molecule has 2 heterocycles. The van der Waals surface area contributed by atoms with Crippen LogP contribution in [0.4, 0.5) is 5.69 Å². The van der Waals surface area contributed by atoms with E-state index in [2.05, 4.69) is 27.1 Å². The SMILES string of the molecule is CO[C@@]1(CC(=O)NCCCl)/C=C/C[C@H](C)[C@@H](C)S(=O)(=O)NC(=O)c2ccc3c(c2)N(C[C@@H]2CC[C@H]21)C[C@@]1(CCCc2cc(Cl)ccc21)CO3. The van der Waals surface area contributed by atoms with Crippen LogP contribution in [-0.4, -0.2) is 70.3 Å². The van der Waals surface area contributed by atoms with Gasteiger partial charge in [0.25, 0.3) is 5.91 Å². The van der Waals surface area contributed by atoms with Gasteiger partial charge in [-0.1, -0.05) is 36.7 Å². The van der Waals surface area contributed by atoms with Gasteiger partial charge in [-0.05, 0) is 105 Å².